The van der Waals surface area contributed by atoms with Gasteiger partial charge < -0.3 is 10.2 Å². The lowest BCUT2D eigenvalue weighted by Crippen LogP contribution is -2.20. The molecule has 0 aromatic heterocycles. The highest BCUT2D eigenvalue weighted by atomic mass is 16.4. The predicted octanol–water partition coefficient (Wildman–Crippen LogP) is 3.09. The summed E-state index contributed by atoms with van der Waals surface area (Å²) < 4.78 is 0. The van der Waals surface area contributed by atoms with Crippen molar-refractivity contribution in [1.82, 2.24) is 0 Å². The minimum absolute atomic E-state index is 0.154. The van der Waals surface area contributed by atoms with Gasteiger partial charge in [0.05, 0.1) is 5.56 Å². The number of carboxylic acids is 1. The summed E-state index contributed by atoms with van der Waals surface area (Å²) in [5.74, 6) is -0.791. The molecular formula is C13H18O3. The van der Waals surface area contributed by atoms with Crippen molar-refractivity contribution in [1.29, 1.82) is 0 Å². The Hall–Kier alpha value is -1.51. The van der Waals surface area contributed by atoms with Crippen molar-refractivity contribution < 1.29 is 15.0 Å². The van der Waals surface area contributed by atoms with Gasteiger partial charge in [0.25, 0.3) is 0 Å². The molecule has 0 saturated heterocycles. The molecule has 2 N–H and O–H groups in total. The normalized spacial score (nSPS) is 11.5. The van der Waals surface area contributed by atoms with Gasteiger partial charge in [0.2, 0.25) is 0 Å². The van der Waals surface area contributed by atoms with Gasteiger partial charge >= 0.3 is 5.97 Å². The molecular weight excluding hydrogens is 204 g/mol. The van der Waals surface area contributed by atoms with Gasteiger partial charge in [-0.15, -0.1) is 0 Å². The fourth-order valence-corrected chi connectivity index (χ4v) is 1.62. The number of phenolic OH excluding ortho intramolecular Hbond substituents is 1. The topological polar surface area (TPSA) is 57.5 Å². The molecule has 3 heteroatoms. The van der Waals surface area contributed by atoms with Gasteiger partial charge in [0.1, 0.15) is 5.75 Å². The molecule has 16 heavy (non-hydrogen) atoms. The number of hydrogen-bond donors (Lipinski definition) is 2. The Morgan fingerprint density at radius 1 is 1.38 bits per heavy atom. The summed E-state index contributed by atoms with van der Waals surface area (Å²) in [4.78, 5) is 11.2. The van der Waals surface area contributed by atoms with E-state index < -0.39 is 5.97 Å². The molecule has 1 aromatic rings. The van der Waals surface area contributed by atoms with Crippen LogP contribution in [0.2, 0.25) is 0 Å². The van der Waals surface area contributed by atoms with E-state index in [2.05, 4.69) is 0 Å². The van der Waals surface area contributed by atoms with Crippen LogP contribution in [0, 0.1) is 6.92 Å². The molecule has 0 aliphatic carbocycles. The number of aromatic hydroxyl groups is 1. The fraction of sp³-hybridized carbons (Fsp3) is 0.462. The average Bonchev–Trinajstić information content (AvgIpc) is 2.21. The van der Waals surface area contributed by atoms with Crippen LogP contribution in [0.4, 0.5) is 0 Å². The highest BCUT2D eigenvalue weighted by Crippen LogP contribution is 2.33. The van der Waals surface area contributed by atoms with E-state index in [1.165, 1.54) is 6.07 Å². The maximum absolute atomic E-state index is 11.2. The maximum atomic E-state index is 11.2. The molecule has 0 unspecified atom stereocenters. The van der Waals surface area contributed by atoms with E-state index in [9.17, 15) is 9.90 Å². The highest BCUT2D eigenvalue weighted by Gasteiger charge is 2.25. The van der Waals surface area contributed by atoms with Crippen molar-refractivity contribution in [3.8, 4) is 5.75 Å². The second-order valence-corrected chi connectivity index (χ2v) is 4.73. The molecule has 0 aliphatic rings. The molecule has 0 radical (unpaired) electrons. The number of carboxylic acid groups (broad SMARTS) is 1. The van der Waals surface area contributed by atoms with Gasteiger partial charge in [-0.1, -0.05) is 20.8 Å². The lowest BCUT2D eigenvalue weighted by Gasteiger charge is -2.25. The summed E-state index contributed by atoms with van der Waals surface area (Å²) in [5.41, 5.74) is 1.31. The van der Waals surface area contributed by atoms with Gasteiger partial charge in [0.15, 0.2) is 0 Å². The molecule has 0 saturated carbocycles. The van der Waals surface area contributed by atoms with Gasteiger partial charge in [-0.05, 0) is 42.0 Å². The first kappa shape index (κ1) is 12.6. The number of rotatable bonds is 3. The van der Waals surface area contributed by atoms with Crippen LogP contribution in [-0.4, -0.2) is 16.2 Å². The van der Waals surface area contributed by atoms with Gasteiger partial charge in [-0.25, -0.2) is 4.79 Å². The second-order valence-electron chi connectivity index (χ2n) is 4.73. The Morgan fingerprint density at radius 3 is 2.38 bits per heavy atom. The van der Waals surface area contributed by atoms with Crippen molar-refractivity contribution in [2.24, 2.45) is 0 Å². The number of benzene rings is 1. The predicted molar refractivity (Wildman–Crippen MR) is 63.1 cm³/mol. The molecule has 0 aliphatic heterocycles. The number of aryl methyl sites for hydroxylation is 1. The summed E-state index contributed by atoms with van der Waals surface area (Å²) >= 11 is 0. The lowest BCUT2D eigenvalue weighted by atomic mass is 9.79. The van der Waals surface area contributed by atoms with Gasteiger partial charge in [-0.3, -0.25) is 0 Å². The Kier molecular flexibility index (Phi) is 3.27. The van der Waals surface area contributed by atoms with Crippen LogP contribution in [0.15, 0.2) is 12.1 Å². The minimum Gasteiger partial charge on any atom is -0.508 e. The SMILES string of the molecule is CCC(C)(C)c1cc(O)c(C)cc1C(=O)O. The summed E-state index contributed by atoms with van der Waals surface area (Å²) in [6.45, 7) is 7.65. The average molecular weight is 222 g/mol. The number of carbonyl (C=O) groups is 1. The first-order chi connectivity index (χ1) is 7.29. The lowest BCUT2D eigenvalue weighted by molar-refractivity contribution is 0.0693. The molecule has 0 heterocycles. The van der Waals surface area contributed by atoms with E-state index in [0.717, 1.165) is 6.42 Å². The molecule has 0 bridgehead atoms. The Balaban J connectivity index is 3.48. The van der Waals surface area contributed by atoms with E-state index >= 15 is 0 Å². The molecule has 0 fully saturated rings. The van der Waals surface area contributed by atoms with Crippen molar-refractivity contribution in [3.63, 3.8) is 0 Å². The monoisotopic (exact) mass is 222 g/mol. The largest absolute Gasteiger partial charge is 0.508 e. The number of phenols is 1. The van der Waals surface area contributed by atoms with Crippen LogP contribution in [0.3, 0.4) is 0 Å². The zero-order chi connectivity index (χ0) is 12.5. The number of aromatic carboxylic acids is 1. The van der Waals surface area contributed by atoms with Gasteiger partial charge in [-0.2, -0.15) is 0 Å². The zero-order valence-electron chi connectivity index (χ0n) is 10.2. The van der Waals surface area contributed by atoms with Crippen LogP contribution in [0.1, 0.15) is 48.7 Å². The highest BCUT2D eigenvalue weighted by molar-refractivity contribution is 5.90. The smallest absolute Gasteiger partial charge is 0.335 e. The van der Waals surface area contributed by atoms with E-state index in [1.54, 1.807) is 13.0 Å². The van der Waals surface area contributed by atoms with E-state index in [-0.39, 0.29) is 16.7 Å². The van der Waals surface area contributed by atoms with Crippen LogP contribution >= 0.6 is 0 Å². The van der Waals surface area contributed by atoms with Crippen LogP contribution in [0.5, 0.6) is 5.75 Å². The van der Waals surface area contributed by atoms with Crippen LogP contribution in [-0.2, 0) is 5.41 Å². The molecule has 1 rings (SSSR count). The van der Waals surface area contributed by atoms with E-state index in [0.29, 0.717) is 11.1 Å². The Bertz CT molecular complexity index is 419. The fourth-order valence-electron chi connectivity index (χ4n) is 1.62. The molecule has 88 valence electrons. The van der Waals surface area contributed by atoms with Crippen molar-refractivity contribution in [3.05, 3.63) is 28.8 Å². The van der Waals surface area contributed by atoms with Crippen molar-refractivity contribution in [2.75, 3.05) is 0 Å². The molecule has 0 spiro atoms. The summed E-state index contributed by atoms with van der Waals surface area (Å²) in [5, 5.41) is 18.8. The first-order valence-corrected chi connectivity index (χ1v) is 5.37. The Labute approximate surface area is 95.7 Å². The van der Waals surface area contributed by atoms with E-state index in [1.807, 2.05) is 20.8 Å². The second kappa shape index (κ2) is 4.16. The van der Waals surface area contributed by atoms with Crippen LogP contribution < -0.4 is 0 Å². The molecule has 0 amide bonds. The maximum Gasteiger partial charge on any atom is 0.335 e. The third-order valence-electron chi connectivity index (χ3n) is 3.18. The summed E-state index contributed by atoms with van der Waals surface area (Å²) in [6, 6.07) is 3.10. The van der Waals surface area contributed by atoms with Crippen LogP contribution in [0.25, 0.3) is 0 Å². The number of hydrogen-bond acceptors (Lipinski definition) is 2. The minimum atomic E-state index is -0.945. The van der Waals surface area contributed by atoms with E-state index in [4.69, 9.17) is 5.11 Å². The Morgan fingerprint density at radius 2 is 1.94 bits per heavy atom. The first-order valence-electron chi connectivity index (χ1n) is 5.37. The standard InChI is InChI=1S/C13H18O3/c1-5-13(3,4)10-7-11(14)8(2)6-9(10)12(15)16/h6-7,14H,5H2,1-4H3,(H,15,16). The quantitative estimate of drug-likeness (QED) is 0.826. The summed E-state index contributed by atoms with van der Waals surface area (Å²) in [6.07, 6.45) is 0.815. The third-order valence-corrected chi connectivity index (χ3v) is 3.18. The molecule has 0 atom stereocenters. The third kappa shape index (κ3) is 2.18. The van der Waals surface area contributed by atoms with Crippen molar-refractivity contribution in [2.45, 2.75) is 39.5 Å². The zero-order valence-corrected chi connectivity index (χ0v) is 10.2. The molecule has 3 nitrogen and oxygen atoms in total. The van der Waals surface area contributed by atoms with Crippen molar-refractivity contribution >= 4 is 5.97 Å². The van der Waals surface area contributed by atoms with Gasteiger partial charge in [0, 0.05) is 0 Å². The summed E-state index contributed by atoms with van der Waals surface area (Å²) in [7, 11) is 0. The molecule has 1 aromatic carbocycles.